The molecule has 3 atom stereocenters. The summed E-state index contributed by atoms with van der Waals surface area (Å²) < 4.78 is 11.4. The first-order valence-corrected chi connectivity index (χ1v) is 6.41. The van der Waals surface area contributed by atoms with Crippen molar-refractivity contribution in [2.24, 2.45) is 0 Å². The second-order valence-corrected chi connectivity index (χ2v) is 5.42. The highest BCUT2D eigenvalue weighted by Crippen LogP contribution is 2.35. The van der Waals surface area contributed by atoms with E-state index in [1.807, 2.05) is 0 Å². The van der Waals surface area contributed by atoms with E-state index in [1.165, 1.54) is 0 Å². The molecular weight excluding hydrogens is 206 g/mol. The Morgan fingerprint density at radius 1 is 1.25 bits per heavy atom. The van der Waals surface area contributed by atoms with Gasteiger partial charge in [-0.1, -0.05) is 0 Å². The smallest absolute Gasteiger partial charge is 0.0951 e. The van der Waals surface area contributed by atoms with Gasteiger partial charge >= 0.3 is 0 Å². The monoisotopic (exact) mass is 227 g/mol. The van der Waals surface area contributed by atoms with Crippen LogP contribution >= 0.6 is 0 Å². The molecule has 3 fully saturated rings. The zero-order valence-electron chi connectivity index (χ0n) is 9.73. The van der Waals surface area contributed by atoms with E-state index in [0.29, 0.717) is 6.04 Å². The van der Waals surface area contributed by atoms with Gasteiger partial charge in [-0.05, 0) is 19.3 Å². The summed E-state index contributed by atoms with van der Waals surface area (Å²) >= 11 is 0. The minimum Gasteiger partial charge on any atom is -0.392 e. The largest absolute Gasteiger partial charge is 0.392 e. The minimum absolute atomic E-state index is 0.00351. The third-order valence-corrected chi connectivity index (χ3v) is 4.25. The fourth-order valence-corrected chi connectivity index (χ4v) is 3.28. The van der Waals surface area contributed by atoms with Gasteiger partial charge in [0, 0.05) is 38.8 Å². The zero-order chi connectivity index (χ0) is 11.0. The lowest BCUT2D eigenvalue weighted by molar-refractivity contribution is -0.104. The van der Waals surface area contributed by atoms with Crippen LogP contribution in [0.25, 0.3) is 0 Å². The summed E-state index contributed by atoms with van der Waals surface area (Å²) in [6.45, 7) is 4.35. The van der Waals surface area contributed by atoms with Crippen LogP contribution < -0.4 is 0 Å². The molecule has 4 heteroatoms. The molecule has 0 radical (unpaired) electrons. The van der Waals surface area contributed by atoms with Crippen LogP contribution in [0, 0.1) is 0 Å². The van der Waals surface area contributed by atoms with Crippen LogP contribution in [0.2, 0.25) is 0 Å². The van der Waals surface area contributed by atoms with Crippen molar-refractivity contribution in [3.63, 3.8) is 0 Å². The Balaban J connectivity index is 1.63. The van der Waals surface area contributed by atoms with Crippen molar-refractivity contribution < 1.29 is 14.6 Å². The summed E-state index contributed by atoms with van der Waals surface area (Å²) in [7, 11) is 0. The molecule has 1 spiro atoms. The highest BCUT2D eigenvalue weighted by Gasteiger charge is 2.43. The van der Waals surface area contributed by atoms with E-state index in [0.717, 1.165) is 58.6 Å². The Labute approximate surface area is 96.5 Å². The van der Waals surface area contributed by atoms with Gasteiger partial charge in [-0.15, -0.1) is 0 Å². The fraction of sp³-hybridized carbons (Fsp3) is 1.00. The lowest BCUT2D eigenvalue weighted by atomic mass is 9.89. The number of ether oxygens (including phenoxy) is 2. The molecule has 0 aromatic heterocycles. The van der Waals surface area contributed by atoms with Gasteiger partial charge in [0.2, 0.25) is 0 Å². The van der Waals surface area contributed by atoms with Gasteiger partial charge in [0.25, 0.3) is 0 Å². The molecule has 2 unspecified atom stereocenters. The molecule has 3 aliphatic heterocycles. The summed E-state index contributed by atoms with van der Waals surface area (Å²) in [5.74, 6) is 0. The molecule has 1 N–H and O–H groups in total. The topological polar surface area (TPSA) is 41.9 Å². The molecule has 3 aliphatic rings. The number of aliphatic hydroxyl groups excluding tert-OH is 1. The van der Waals surface area contributed by atoms with Crippen LogP contribution in [0.4, 0.5) is 0 Å². The summed E-state index contributed by atoms with van der Waals surface area (Å²) in [5.41, 5.74) is -0.00351. The number of aliphatic hydroxyl groups is 1. The summed E-state index contributed by atoms with van der Waals surface area (Å²) in [5, 5.41) is 9.59. The van der Waals surface area contributed by atoms with Gasteiger partial charge in [-0.2, -0.15) is 0 Å². The second-order valence-electron chi connectivity index (χ2n) is 5.42. The lowest BCUT2D eigenvalue weighted by Gasteiger charge is -2.40. The maximum absolute atomic E-state index is 9.59. The van der Waals surface area contributed by atoms with Crippen molar-refractivity contribution in [3.8, 4) is 0 Å². The molecule has 3 heterocycles. The molecule has 0 aliphatic carbocycles. The molecule has 4 nitrogen and oxygen atoms in total. The maximum Gasteiger partial charge on any atom is 0.0951 e. The van der Waals surface area contributed by atoms with Crippen LogP contribution in [0.5, 0.6) is 0 Å². The molecule has 92 valence electrons. The van der Waals surface area contributed by atoms with E-state index in [-0.39, 0.29) is 11.7 Å². The number of likely N-dealkylation sites (tertiary alicyclic amines) is 1. The number of rotatable bonds is 1. The van der Waals surface area contributed by atoms with Crippen molar-refractivity contribution in [2.75, 3.05) is 32.9 Å². The van der Waals surface area contributed by atoms with E-state index >= 15 is 0 Å². The summed E-state index contributed by atoms with van der Waals surface area (Å²) in [4.78, 5) is 2.44. The molecule has 16 heavy (non-hydrogen) atoms. The first kappa shape index (κ1) is 11.0. The van der Waals surface area contributed by atoms with E-state index in [4.69, 9.17) is 9.47 Å². The molecule has 3 saturated heterocycles. The Kier molecular flexibility index (Phi) is 2.92. The van der Waals surface area contributed by atoms with Crippen LogP contribution in [0.15, 0.2) is 0 Å². The van der Waals surface area contributed by atoms with Crippen LogP contribution in [-0.2, 0) is 9.47 Å². The molecule has 0 aromatic rings. The molecule has 3 rings (SSSR count). The standard InChI is InChI=1S/C12H21NO3/c14-11-1-4-13(8-11)10-2-5-16-12(7-10)3-6-15-9-12/h10-11,14H,1-9H2/t10?,11-,12?/m1/s1. The van der Waals surface area contributed by atoms with E-state index in [9.17, 15) is 5.11 Å². The third kappa shape index (κ3) is 1.99. The molecule has 0 saturated carbocycles. The Hall–Kier alpha value is -0.160. The van der Waals surface area contributed by atoms with E-state index in [2.05, 4.69) is 4.90 Å². The maximum atomic E-state index is 9.59. The van der Waals surface area contributed by atoms with Crippen LogP contribution in [0.1, 0.15) is 25.7 Å². The van der Waals surface area contributed by atoms with Crippen molar-refractivity contribution in [2.45, 2.75) is 43.4 Å². The highest BCUT2D eigenvalue weighted by molar-refractivity contribution is 4.95. The minimum atomic E-state index is -0.112. The molecule has 0 aromatic carbocycles. The average molecular weight is 227 g/mol. The molecule has 0 bridgehead atoms. The van der Waals surface area contributed by atoms with Crippen molar-refractivity contribution in [3.05, 3.63) is 0 Å². The first-order chi connectivity index (χ1) is 7.77. The SMILES string of the molecule is O[C@@H]1CCN(C2CCOC3(CCOC3)C2)C1. The number of hydrogen-bond acceptors (Lipinski definition) is 4. The normalized spacial score (nSPS) is 45.6. The number of β-amino-alcohol motifs (C(OH)–C–C–N with tert-alkyl or cyclic N) is 1. The number of nitrogens with zero attached hydrogens (tertiary/aromatic N) is 1. The van der Waals surface area contributed by atoms with Crippen molar-refractivity contribution >= 4 is 0 Å². The zero-order valence-corrected chi connectivity index (χ0v) is 9.73. The Morgan fingerprint density at radius 2 is 2.19 bits per heavy atom. The molecule has 0 amide bonds. The van der Waals surface area contributed by atoms with Crippen LogP contribution in [0.3, 0.4) is 0 Å². The van der Waals surface area contributed by atoms with Gasteiger partial charge < -0.3 is 14.6 Å². The van der Waals surface area contributed by atoms with Crippen LogP contribution in [-0.4, -0.2) is 60.7 Å². The van der Waals surface area contributed by atoms with Gasteiger partial charge in [0.15, 0.2) is 0 Å². The van der Waals surface area contributed by atoms with Crippen molar-refractivity contribution in [1.82, 2.24) is 4.90 Å². The number of hydrogen-bond donors (Lipinski definition) is 1. The van der Waals surface area contributed by atoms with Gasteiger partial charge in [0.1, 0.15) is 0 Å². The quantitative estimate of drug-likeness (QED) is 0.703. The summed E-state index contributed by atoms with van der Waals surface area (Å²) in [6.07, 6.45) is 4.05. The Bertz CT molecular complexity index is 253. The van der Waals surface area contributed by atoms with Gasteiger partial charge in [-0.3, -0.25) is 4.90 Å². The highest BCUT2D eigenvalue weighted by atomic mass is 16.6. The predicted octanol–water partition coefficient (Wildman–Crippen LogP) is 0.391. The second kappa shape index (κ2) is 4.26. The summed E-state index contributed by atoms with van der Waals surface area (Å²) in [6, 6.07) is 0.590. The van der Waals surface area contributed by atoms with Gasteiger partial charge in [0.05, 0.1) is 18.3 Å². The fourth-order valence-electron chi connectivity index (χ4n) is 3.28. The average Bonchev–Trinajstić information content (AvgIpc) is 2.89. The Morgan fingerprint density at radius 3 is 2.88 bits per heavy atom. The first-order valence-electron chi connectivity index (χ1n) is 6.41. The lowest BCUT2D eigenvalue weighted by Crippen LogP contribution is -2.48. The van der Waals surface area contributed by atoms with E-state index < -0.39 is 0 Å². The van der Waals surface area contributed by atoms with Crippen molar-refractivity contribution in [1.29, 1.82) is 0 Å². The van der Waals surface area contributed by atoms with Gasteiger partial charge in [-0.25, -0.2) is 0 Å². The predicted molar refractivity (Wildman–Crippen MR) is 59.3 cm³/mol. The molecular formula is C12H21NO3. The third-order valence-electron chi connectivity index (χ3n) is 4.25. The van der Waals surface area contributed by atoms with E-state index in [1.54, 1.807) is 0 Å².